The van der Waals surface area contributed by atoms with Crippen molar-refractivity contribution in [3.05, 3.63) is 187 Å². The van der Waals surface area contributed by atoms with Gasteiger partial charge in [-0.25, -0.2) is 23.2 Å². The summed E-state index contributed by atoms with van der Waals surface area (Å²) in [6.07, 6.45) is 12.5. The Balaban J connectivity index is 0.00000448. The van der Waals surface area contributed by atoms with Crippen molar-refractivity contribution in [2.75, 3.05) is 40.5 Å². The van der Waals surface area contributed by atoms with E-state index >= 15 is 0 Å². The standard InChI is InChI=1S/C63H71N9O14S3.CH4.W.Y/c1-39-13-25-51-48(33-39)62(2,3)53(71(51)29-6-8-31-87(77,78)79)27-19-42-11-10-12-43(20-28-54-63(4,5)49-34-41(38-89(83,84)85)16-26-52(49)72(54)30-7-9-32-88(80,81)82)56(42)86-47-23-14-40(15-24-47)35-50(60(75)76)68-58(73)44-17-21-45(22-18-44)65-36-46-37-66-57-55(67-46)59(74)70-61(64)69-57;;;/h13-28,33-34,37,50H,6-12,29-32,35-36,38H2,1-5H3,(H8-,64,65,66,68,69,70,73,74,75,76,77,78,79,80,81,82,83,84,85);1H4;;/t50-;;;/m1.../s1. The summed E-state index contributed by atoms with van der Waals surface area (Å²) >= 11 is 0. The number of nitrogens with one attached hydrogen (secondary N) is 3. The van der Waals surface area contributed by atoms with Gasteiger partial charge >= 0.3 is 5.97 Å². The van der Waals surface area contributed by atoms with E-state index in [2.05, 4.69) is 67.5 Å². The maximum atomic E-state index is 13.5. The molecule has 1 aliphatic carbocycles. The second kappa shape index (κ2) is 30.6. The molecule has 1 amide bonds. The van der Waals surface area contributed by atoms with Crippen LogP contribution in [0.5, 0.6) is 5.75 Å². The fourth-order valence-electron chi connectivity index (χ4n) is 11.6. The molecule has 0 saturated heterocycles. The van der Waals surface area contributed by atoms with Crippen LogP contribution in [-0.4, -0.2) is 117 Å². The summed E-state index contributed by atoms with van der Waals surface area (Å²) in [6, 6.07) is 23.3. The number of nitrogens with zero attached hydrogens (tertiary/aromatic N) is 5. The normalized spacial score (nSPS) is 16.4. The number of H-pyrrole nitrogens is 1. The molecule has 0 spiro atoms. The number of aromatic nitrogens is 4. The van der Waals surface area contributed by atoms with Crippen molar-refractivity contribution in [1.82, 2.24) is 25.3 Å². The minimum Gasteiger partial charge on any atom is -0.748 e. The molecule has 0 unspecified atom stereocenters. The van der Waals surface area contributed by atoms with Crippen molar-refractivity contribution < 1.29 is 117 Å². The van der Waals surface area contributed by atoms with Crippen LogP contribution in [-0.2, 0) is 118 Å². The third-order valence-electron chi connectivity index (χ3n) is 16.1. The summed E-state index contributed by atoms with van der Waals surface area (Å²) < 4.78 is 111. The van der Waals surface area contributed by atoms with E-state index < -0.39 is 76.2 Å². The largest absolute Gasteiger partial charge is 0.748 e. The van der Waals surface area contributed by atoms with Crippen LogP contribution in [0.3, 0.4) is 0 Å². The molecule has 1 radical (unpaired) electrons. The number of carboxylic acid groups (broad SMARTS) is 1. The number of amides is 1. The van der Waals surface area contributed by atoms with Gasteiger partial charge in [-0.1, -0.05) is 63.2 Å². The number of aromatic amines is 1. The zero-order valence-corrected chi connectivity index (χ0v) is 59.0. The summed E-state index contributed by atoms with van der Waals surface area (Å²) in [6.45, 7) is 11.3. The number of benzene rings is 4. The van der Waals surface area contributed by atoms with E-state index in [4.69, 9.17) is 10.5 Å². The van der Waals surface area contributed by atoms with Gasteiger partial charge in [-0.2, -0.15) is 26.4 Å². The number of fused-ring (bicyclic) bond motifs is 3. The van der Waals surface area contributed by atoms with Gasteiger partial charge in [-0.3, -0.25) is 23.7 Å². The summed E-state index contributed by atoms with van der Waals surface area (Å²) in [4.78, 5) is 55.6. The average Bonchev–Trinajstić information content (AvgIpc) is 1.60. The maximum absolute atomic E-state index is 13.5. The number of nitrogens with two attached hydrogens (primary N) is 1. The Labute approximate surface area is 575 Å². The first-order valence-electron chi connectivity index (χ1n) is 28.9. The van der Waals surface area contributed by atoms with Gasteiger partial charge in [0.1, 0.15) is 29.8 Å². The molecule has 1 atom stereocenters. The fourth-order valence-corrected chi connectivity index (χ4v) is 13.3. The number of hydrogen-bond donors (Lipinski definition) is 7. The van der Waals surface area contributed by atoms with Gasteiger partial charge in [0, 0.05) is 125 Å². The molecule has 4 aromatic carbocycles. The summed E-state index contributed by atoms with van der Waals surface area (Å²) in [7, 11) is -13.0. The van der Waals surface area contributed by atoms with E-state index in [1.807, 2.05) is 49.6 Å². The molecular formula is C64H75N9O14S3WY. The SMILES string of the molecule is C.Cc1ccc2c(c1)C(C)(C)/C(=C\C=C1/CCCC(/C=C/C3=[N+](CCCCS(=O)(=O)[O-])c4ccc(CS(=O)(=O)O)cc4C3(C)C)=C1Oc1ccc(C[C@@H](NC(=O)c3ccc(NCc4cnc5nc(N)[nH]c(=O)c5n4)cc3)C(=O)O)cc1)N2CCCCS(=O)(=O)O.[W].[Y]. The Morgan fingerprint density at radius 1 is 0.848 bits per heavy atom. The molecule has 23 nitrogen and oxygen atoms in total. The van der Waals surface area contributed by atoms with Crippen molar-refractivity contribution in [2.45, 2.75) is 123 Å². The number of ether oxygens (including phenoxy) is 1. The molecule has 4 heterocycles. The van der Waals surface area contributed by atoms with Crippen molar-refractivity contribution in [3.63, 3.8) is 0 Å². The van der Waals surface area contributed by atoms with Crippen molar-refractivity contribution >= 4 is 82.1 Å². The van der Waals surface area contributed by atoms with E-state index in [0.717, 1.165) is 57.0 Å². The van der Waals surface area contributed by atoms with Crippen LogP contribution in [0.25, 0.3) is 11.2 Å². The number of hydrogen-bond acceptors (Lipinski definition) is 17. The van der Waals surface area contributed by atoms with E-state index in [9.17, 15) is 58.4 Å². The van der Waals surface area contributed by atoms with Crippen LogP contribution in [0.1, 0.15) is 124 Å². The first kappa shape index (κ1) is 74.4. The molecule has 8 N–H and O–H groups in total. The summed E-state index contributed by atoms with van der Waals surface area (Å²) in [5.74, 6) is -2.46. The minimum absolute atomic E-state index is 0. The smallest absolute Gasteiger partial charge is 0.326 e. The third-order valence-corrected chi connectivity index (χ3v) is 18.4. The van der Waals surface area contributed by atoms with Crippen molar-refractivity contribution in [1.29, 1.82) is 0 Å². The van der Waals surface area contributed by atoms with Gasteiger partial charge in [-0.15, -0.1) is 0 Å². The van der Waals surface area contributed by atoms with Crippen LogP contribution < -0.4 is 31.6 Å². The molecular weight excluding hydrogens is 1490 g/mol. The molecule has 28 heteroatoms. The first-order valence-corrected chi connectivity index (χ1v) is 33.7. The fraction of sp³-hybridized carbons (Fsp3) is 0.359. The van der Waals surface area contributed by atoms with E-state index in [1.165, 1.54) is 6.20 Å². The first-order chi connectivity index (χ1) is 41.9. The molecule has 2 aliphatic heterocycles. The van der Waals surface area contributed by atoms with E-state index in [0.29, 0.717) is 72.8 Å². The predicted octanol–water partition coefficient (Wildman–Crippen LogP) is 8.71. The zero-order valence-electron chi connectivity index (χ0n) is 50.8. The summed E-state index contributed by atoms with van der Waals surface area (Å²) in [5, 5.41) is 16.1. The van der Waals surface area contributed by atoms with E-state index in [-0.39, 0.29) is 115 Å². The number of nitrogen functional groups attached to an aromatic ring is 1. The molecule has 487 valence electrons. The molecule has 0 bridgehead atoms. The second-order valence-electron chi connectivity index (χ2n) is 23.5. The Hall–Kier alpha value is -6.61. The van der Waals surface area contributed by atoms with Gasteiger partial charge in [0.25, 0.3) is 31.7 Å². The van der Waals surface area contributed by atoms with Gasteiger partial charge in [-0.05, 0) is 148 Å². The van der Waals surface area contributed by atoms with Gasteiger partial charge in [0.2, 0.25) is 11.6 Å². The van der Waals surface area contributed by atoms with Crippen LogP contribution >= 0.6 is 0 Å². The topological polar surface area (TPSA) is 357 Å². The quantitative estimate of drug-likeness (QED) is 0.0160. The number of aliphatic carboxylic acids is 1. The predicted molar refractivity (Wildman–Crippen MR) is 344 cm³/mol. The number of allylic oxidation sites excluding steroid dienone is 7. The molecule has 9 rings (SSSR count). The third kappa shape index (κ3) is 18.6. The number of unbranched alkanes of at least 4 members (excludes halogenated alkanes) is 2. The molecule has 6 aromatic rings. The minimum atomic E-state index is -4.47. The van der Waals surface area contributed by atoms with Gasteiger partial charge in [0.05, 0.1) is 39.7 Å². The Morgan fingerprint density at radius 3 is 2.22 bits per heavy atom. The molecule has 3 aliphatic rings. The Bertz CT molecular complexity index is 4340. The molecule has 92 heavy (non-hydrogen) atoms. The van der Waals surface area contributed by atoms with Crippen molar-refractivity contribution in [2.24, 2.45) is 0 Å². The Morgan fingerprint density at radius 2 is 1.54 bits per heavy atom. The molecule has 0 fully saturated rings. The van der Waals surface area contributed by atoms with Gasteiger partial charge in [0.15, 0.2) is 16.9 Å². The Kier molecular flexibility index (Phi) is 24.8. The van der Waals surface area contributed by atoms with E-state index in [1.54, 1.807) is 66.7 Å². The molecule has 0 saturated carbocycles. The zero-order chi connectivity index (χ0) is 64.2. The number of rotatable bonds is 25. The van der Waals surface area contributed by atoms with Crippen LogP contribution in [0.2, 0.25) is 0 Å². The van der Waals surface area contributed by atoms with Gasteiger partial charge < -0.3 is 35.7 Å². The number of carbonyl (C=O) groups is 2. The second-order valence-corrected chi connectivity index (χ2v) is 28.1. The maximum Gasteiger partial charge on any atom is 0.326 e. The van der Waals surface area contributed by atoms with Crippen LogP contribution in [0, 0.1) is 6.92 Å². The number of carbonyl (C=O) groups excluding carboxylic acids is 1. The molecule has 2 aromatic heterocycles. The van der Waals surface area contributed by atoms with Crippen LogP contribution in [0.15, 0.2) is 143 Å². The number of aryl methyl sites for hydroxylation is 1. The van der Waals surface area contributed by atoms with Crippen molar-refractivity contribution in [3.8, 4) is 5.75 Å². The monoisotopic (exact) mass is 1560 g/mol. The average molecular weight is 1560 g/mol. The summed E-state index contributed by atoms with van der Waals surface area (Å²) in [5.41, 5.74) is 14.3. The number of carboxylic acids is 1. The van der Waals surface area contributed by atoms with Crippen LogP contribution in [0.4, 0.5) is 23.0 Å². The number of anilines is 3.